The third-order valence-corrected chi connectivity index (χ3v) is 4.56. The number of ether oxygens (including phenoxy) is 2. The smallest absolute Gasteiger partial charge is 0.252 e. The van der Waals surface area contributed by atoms with Crippen LogP contribution in [0.2, 0.25) is 0 Å². The van der Waals surface area contributed by atoms with Crippen LogP contribution in [0.1, 0.15) is 32.3 Å². The van der Waals surface area contributed by atoms with Gasteiger partial charge in [0.25, 0.3) is 5.91 Å². The molecule has 0 saturated heterocycles. The highest BCUT2D eigenvalue weighted by molar-refractivity contribution is 6.14. The van der Waals surface area contributed by atoms with E-state index in [1.807, 2.05) is 26.0 Å². The first-order valence-electron chi connectivity index (χ1n) is 9.85. The lowest BCUT2D eigenvalue weighted by molar-refractivity contribution is -0.116. The van der Waals surface area contributed by atoms with Gasteiger partial charge in [-0.05, 0) is 43.5 Å². The number of hydrogen-bond donors (Lipinski definition) is 2. The summed E-state index contributed by atoms with van der Waals surface area (Å²) in [6.45, 7) is 9.87. The zero-order chi connectivity index (χ0) is 22.3. The molecule has 0 fully saturated rings. The van der Waals surface area contributed by atoms with E-state index >= 15 is 0 Å². The molecule has 1 aromatic rings. The third-order valence-electron chi connectivity index (χ3n) is 4.56. The van der Waals surface area contributed by atoms with Crippen LogP contribution in [0, 0.1) is 6.92 Å². The number of nitrogens with zero attached hydrogens (tertiary/aromatic N) is 2. The maximum absolute atomic E-state index is 12.4. The molecule has 160 valence electrons. The van der Waals surface area contributed by atoms with Gasteiger partial charge in [-0.25, -0.2) is 0 Å². The molecule has 1 aromatic carbocycles. The van der Waals surface area contributed by atoms with E-state index in [-0.39, 0.29) is 11.5 Å². The Hall–Kier alpha value is -3.35. The van der Waals surface area contributed by atoms with Crippen molar-refractivity contribution < 1.29 is 14.3 Å². The van der Waals surface area contributed by atoms with Crippen molar-refractivity contribution in [2.24, 2.45) is 9.98 Å². The standard InChI is InChI=1S/C23H30N4O3/c1-8-10-16(13-26-9-2)20(24-5)22-19(15(4)23(28)25-6)27-21-17(29-7)11-14(3)12-18(21)30-22/h9,11-13,27H,4,8,10H2,1-3,5-7H3,(H,25,28)/b16-13+,24-20?,26-9?. The molecule has 0 spiro atoms. The molecule has 1 amide bonds. The van der Waals surface area contributed by atoms with Gasteiger partial charge in [0.1, 0.15) is 17.1 Å². The van der Waals surface area contributed by atoms with Crippen LogP contribution in [0.5, 0.6) is 11.5 Å². The van der Waals surface area contributed by atoms with Crippen molar-refractivity contribution in [2.75, 3.05) is 26.5 Å². The van der Waals surface area contributed by atoms with Crippen LogP contribution in [0.25, 0.3) is 0 Å². The Morgan fingerprint density at radius 2 is 2.13 bits per heavy atom. The molecule has 2 N–H and O–H groups in total. The number of aryl methyl sites for hydroxylation is 1. The topological polar surface area (TPSA) is 84.3 Å². The van der Waals surface area contributed by atoms with E-state index in [9.17, 15) is 4.79 Å². The molecular weight excluding hydrogens is 380 g/mol. The summed E-state index contributed by atoms with van der Waals surface area (Å²) in [6.07, 6.45) is 5.14. The lowest BCUT2D eigenvalue weighted by atomic mass is 9.99. The quantitative estimate of drug-likeness (QED) is 0.498. The number of rotatable bonds is 8. The molecule has 30 heavy (non-hydrogen) atoms. The number of likely N-dealkylation sites (N-methyl/N-ethyl adjacent to an activating group) is 1. The molecule has 1 aliphatic rings. The average molecular weight is 411 g/mol. The van der Waals surface area contributed by atoms with Crippen molar-refractivity contribution in [3.05, 3.63) is 53.1 Å². The first-order chi connectivity index (χ1) is 14.4. The molecule has 1 aliphatic heterocycles. The van der Waals surface area contributed by atoms with Crippen molar-refractivity contribution in [2.45, 2.75) is 33.6 Å². The van der Waals surface area contributed by atoms with Gasteiger partial charge in [0.2, 0.25) is 0 Å². The SMILES string of the molecule is C=C(C(=O)NC)C1=C(C(=NC)/C(=C/N=CC)CCC)Oc2cc(C)cc(OC)c2N1. The van der Waals surface area contributed by atoms with Gasteiger partial charge in [-0.3, -0.25) is 14.8 Å². The van der Waals surface area contributed by atoms with Crippen molar-refractivity contribution in [3.8, 4) is 11.5 Å². The van der Waals surface area contributed by atoms with Crippen LogP contribution in [0.4, 0.5) is 5.69 Å². The fourth-order valence-electron chi connectivity index (χ4n) is 3.14. The first-order valence-corrected chi connectivity index (χ1v) is 9.85. The summed E-state index contributed by atoms with van der Waals surface area (Å²) >= 11 is 0. The number of amides is 1. The predicted molar refractivity (Wildman–Crippen MR) is 123 cm³/mol. The van der Waals surface area contributed by atoms with Gasteiger partial charge in [-0.1, -0.05) is 19.9 Å². The molecule has 0 aliphatic carbocycles. The van der Waals surface area contributed by atoms with Crippen molar-refractivity contribution in [1.29, 1.82) is 0 Å². The number of hydrogen-bond acceptors (Lipinski definition) is 6. The fraction of sp³-hybridized carbons (Fsp3) is 0.348. The number of nitrogens with one attached hydrogen (secondary N) is 2. The van der Waals surface area contributed by atoms with E-state index < -0.39 is 0 Å². The first kappa shape index (κ1) is 22.9. The summed E-state index contributed by atoms with van der Waals surface area (Å²) in [7, 11) is 4.84. The van der Waals surface area contributed by atoms with Crippen LogP contribution in [-0.2, 0) is 4.79 Å². The van der Waals surface area contributed by atoms with E-state index in [1.165, 1.54) is 0 Å². The maximum Gasteiger partial charge on any atom is 0.252 e. The second-order valence-electron chi connectivity index (χ2n) is 6.71. The summed E-state index contributed by atoms with van der Waals surface area (Å²) in [6, 6.07) is 3.80. The Balaban J connectivity index is 2.72. The third kappa shape index (κ3) is 4.79. The Morgan fingerprint density at radius 3 is 2.70 bits per heavy atom. The van der Waals surface area contributed by atoms with Crippen molar-refractivity contribution >= 4 is 23.5 Å². The van der Waals surface area contributed by atoms with E-state index in [0.29, 0.717) is 34.4 Å². The van der Waals surface area contributed by atoms with E-state index in [0.717, 1.165) is 24.0 Å². The van der Waals surface area contributed by atoms with Crippen molar-refractivity contribution in [1.82, 2.24) is 5.32 Å². The van der Waals surface area contributed by atoms with Gasteiger partial charge in [-0.15, -0.1) is 0 Å². The number of fused-ring (bicyclic) bond motifs is 1. The van der Waals surface area contributed by atoms with E-state index in [1.54, 1.807) is 33.6 Å². The molecule has 0 saturated carbocycles. The van der Waals surface area contributed by atoms with Crippen LogP contribution in [0.3, 0.4) is 0 Å². The van der Waals surface area contributed by atoms with Crippen molar-refractivity contribution in [3.63, 3.8) is 0 Å². The van der Waals surface area contributed by atoms with Crippen LogP contribution < -0.4 is 20.1 Å². The minimum absolute atomic E-state index is 0.233. The summed E-state index contributed by atoms with van der Waals surface area (Å²) < 4.78 is 11.8. The van der Waals surface area contributed by atoms with Crippen LogP contribution in [0.15, 0.2) is 57.5 Å². The molecule has 7 heteroatoms. The van der Waals surface area contributed by atoms with E-state index in [4.69, 9.17) is 9.47 Å². The molecule has 0 unspecified atom stereocenters. The summed E-state index contributed by atoms with van der Waals surface area (Å²) in [5.74, 6) is 1.31. The molecule has 0 atom stereocenters. The Bertz CT molecular complexity index is 955. The van der Waals surface area contributed by atoms with Gasteiger partial charge >= 0.3 is 0 Å². The molecule has 2 rings (SSSR count). The lowest BCUT2D eigenvalue weighted by Crippen LogP contribution is -2.29. The largest absolute Gasteiger partial charge is 0.494 e. The van der Waals surface area contributed by atoms with Gasteiger partial charge < -0.3 is 20.1 Å². The number of aliphatic imine (C=N–C) groups is 2. The number of allylic oxidation sites excluding steroid dienone is 1. The Kier molecular flexibility index (Phi) is 7.98. The maximum atomic E-state index is 12.4. The van der Waals surface area contributed by atoms with Gasteiger partial charge in [0.15, 0.2) is 11.5 Å². The second kappa shape index (κ2) is 10.4. The molecular formula is C23H30N4O3. The number of benzene rings is 1. The minimum atomic E-state index is -0.323. The number of carbonyl (C=O) groups excluding carboxylic acids is 1. The minimum Gasteiger partial charge on any atom is -0.494 e. The van der Waals surface area contributed by atoms with Crippen LogP contribution in [-0.4, -0.2) is 39.0 Å². The molecule has 7 nitrogen and oxygen atoms in total. The highest BCUT2D eigenvalue weighted by atomic mass is 16.5. The highest BCUT2D eigenvalue weighted by Crippen LogP contribution is 2.43. The molecule has 0 bridgehead atoms. The highest BCUT2D eigenvalue weighted by Gasteiger charge is 2.30. The zero-order valence-corrected chi connectivity index (χ0v) is 18.5. The Labute approximate surface area is 178 Å². The fourth-order valence-corrected chi connectivity index (χ4v) is 3.14. The number of carbonyl (C=O) groups is 1. The lowest BCUT2D eigenvalue weighted by Gasteiger charge is -2.28. The van der Waals surface area contributed by atoms with Crippen LogP contribution >= 0.6 is 0 Å². The van der Waals surface area contributed by atoms with Gasteiger partial charge in [-0.2, -0.15) is 0 Å². The number of methoxy groups -OCH3 is 1. The van der Waals surface area contributed by atoms with Gasteiger partial charge in [0.05, 0.1) is 18.4 Å². The number of anilines is 1. The Morgan fingerprint density at radius 1 is 1.40 bits per heavy atom. The second-order valence-corrected chi connectivity index (χ2v) is 6.71. The van der Waals surface area contributed by atoms with E-state index in [2.05, 4.69) is 34.1 Å². The summed E-state index contributed by atoms with van der Waals surface area (Å²) in [5.41, 5.74) is 3.80. The average Bonchev–Trinajstić information content (AvgIpc) is 2.75. The molecule has 0 aromatic heterocycles. The summed E-state index contributed by atoms with van der Waals surface area (Å²) in [4.78, 5) is 21.2. The van der Waals surface area contributed by atoms with Gasteiger partial charge in [0, 0.05) is 26.5 Å². The predicted octanol–water partition coefficient (Wildman–Crippen LogP) is 4.17. The molecule has 0 radical (unpaired) electrons. The normalized spacial score (nSPS) is 14.2. The zero-order valence-electron chi connectivity index (χ0n) is 18.5. The monoisotopic (exact) mass is 410 g/mol. The molecule has 1 heterocycles. The summed E-state index contributed by atoms with van der Waals surface area (Å²) in [5, 5.41) is 5.91.